The van der Waals surface area contributed by atoms with Crippen molar-refractivity contribution >= 4 is 22.7 Å². The fourth-order valence-corrected chi connectivity index (χ4v) is 3.10. The van der Waals surface area contributed by atoms with Crippen molar-refractivity contribution in [3.8, 4) is 10.6 Å². The van der Waals surface area contributed by atoms with Crippen LogP contribution in [0.1, 0.15) is 24.3 Å². The van der Waals surface area contributed by atoms with Crippen LogP contribution in [0.2, 0.25) is 0 Å². The molecule has 0 fully saturated rings. The minimum absolute atomic E-state index is 0.480. The lowest BCUT2D eigenvalue weighted by Crippen LogP contribution is -2.04. The number of rotatable bonds is 4. The maximum atomic E-state index is 5.55. The van der Waals surface area contributed by atoms with Gasteiger partial charge in [-0.3, -0.25) is 0 Å². The van der Waals surface area contributed by atoms with E-state index in [1.54, 1.807) is 22.7 Å². The fourth-order valence-electron chi connectivity index (χ4n) is 1.42. The lowest BCUT2D eigenvalue weighted by atomic mass is 10.1. The molecule has 0 aliphatic carbocycles. The summed E-state index contributed by atoms with van der Waals surface area (Å²) >= 11 is 3.47. The minimum atomic E-state index is 0.480. The van der Waals surface area contributed by atoms with Crippen molar-refractivity contribution in [2.24, 2.45) is 5.73 Å². The number of nitrogens with two attached hydrogens (primary N) is 1. The summed E-state index contributed by atoms with van der Waals surface area (Å²) in [6.45, 7) is 2.92. The van der Waals surface area contributed by atoms with Gasteiger partial charge in [-0.2, -0.15) is 0 Å². The Labute approximate surface area is 97.8 Å². The van der Waals surface area contributed by atoms with Crippen molar-refractivity contribution in [3.05, 3.63) is 27.9 Å². The molecule has 0 aromatic carbocycles. The molecule has 0 radical (unpaired) electrons. The van der Waals surface area contributed by atoms with E-state index in [1.165, 1.54) is 9.88 Å². The zero-order valence-corrected chi connectivity index (χ0v) is 10.3. The van der Waals surface area contributed by atoms with Crippen molar-refractivity contribution in [1.29, 1.82) is 0 Å². The topological polar surface area (TPSA) is 38.9 Å². The summed E-state index contributed by atoms with van der Waals surface area (Å²) in [6.07, 6.45) is 1.01. The molecule has 2 heterocycles. The number of hydrogen-bond acceptors (Lipinski definition) is 4. The van der Waals surface area contributed by atoms with Crippen LogP contribution in [-0.2, 0) is 0 Å². The van der Waals surface area contributed by atoms with Crippen LogP contribution in [0.15, 0.2) is 22.9 Å². The average molecular weight is 238 g/mol. The van der Waals surface area contributed by atoms with Crippen molar-refractivity contribution in [2.45, 2.75) is 19.3 Å². The molecule has 0 aliphatic heterocycles. The molecule has 1 unspecified atom stereocenters. The molecular formula is C11H14N2S2. The van der Waals surface area contributed by atoms with Gasteiger partial charge in [0.1, 0.15) is 0 Å². The standard InChI is InChI=1S/C11H14N2S2/c1-8(4-5-12)11-13-9(7-15-11)10-3-2-6-14-10/h2-3,6-8H,4-5,12H2,1H3. The zero-order valence-electron chi connectivity index (χ0n) is 8.64. The highest BCUT2D eigenvalue weighted by Gasteiger charge is 2.10. The van der Waals surface area contributed by atoms with Crippen LogP contribution in [0.25, 0.3) is 10.6 Å². The Bertz CT molecular complexity index is 406. The van der Waals surface area contributed by atoms with Crippen LogP contribution in [-0.4, -0.2) is 11.5 Å². The maximum absolute atomic E-state index is 5.55. The number of aromatic nitrogens is 1. The smallest absolute Gasteiger partial charge is 0.0961 e. The van der Waals surface area contributed by atoms with Crippen LogP contribution in [0.4, 0.5) is 0 Å². The monoisotopic (exact) mass is 238 g/mol. The predicted molar refractivity (Wildman–Crippen MR) is 67.5 cm³/mol. The summed E-state index contributed by atoms with van der Waals surface area (Å²) in [7, 11) is 0. The van der Waals surface area contributed by atoms with Crippen LogP contribution >= 0.6 is 22.7 Å². The van der Waals surface area contributed by atoms with E-state index in [-0.39, 0.29) is 0 Å². The normalized spacial score (nSPS) is 12.9. The molecule has 0 spiro atoms. The molecule has 2 aromatic heterocycles. The predicted octanol–water partition coefficient (Wildman–Crippen LogP) is 3.32. The number of thiophene rings is 1. The van der Waals surface area contributed by atoms with Crippen LogP contribution in [0, 0.1) is 0 Å². The molecule has 2 rings (SSSR count). The first-order chi connectivity index (χ1) is 7.31. The molecule has 2 N–H and O–H groups in total. The summed E-state index contributed by atoms with van der Waals surface area (Å²) in [5.74, 6) is 0.480. The maximum Gasteiger partial charge on any atom is 0.0961 e. The fraction of sp³-hybridized carbons (Fsp3) is 0.364. The van der Waals surface area contributed by atoms with E-state index in [2.05, 4.69) is 34.8 Å². The van der Waals surface area contributed by atoms with Crippen molar-refractivity contribution < 1.29 is 0 Å². The second-order valence-electron chi connectivity index (χ2n) is 3.53. The van der Waals surface area contributed by atoms with E-state index in [9.17, 15) is 0 Å². The summed E-state index contributed by atoms with van der Waals surface area (Å²) in [6, 6.07) is 4.17. The van der Waals surface area contributed by atoms with Gasteiger partial charge in [0.05, 0.1) is 15.6 Å². The second kappa shape index (κ2) is 4.88. The molecule has 2 nitrogen and oxygen atoms in total. The average Bonchev–Trinajstić information content (AvgIpc) is 2.89. The van der Waals surface area contributed by atoms with Gasteiger partial charge in [-0.1, -0.05) is 13.0 Å². The molecule has 0 saturated heterocycles. The van der Waals surface area contributed by atoms with Crippen LogP contribution in [0.5, 0.6) is 0 Å². The molecule has 4 heteroatoms. The third-order valence-corrected chi connectivity index (χ3v) is 4.29. The first-order valence-electron chi connectivity index (χ1n) is 5.00. The van der Waals surface area contributed by atoms with E-state index in [0.717, 1.165) is 18.7 Å². The van der Waals surface area contributed by atoms with Crippen LogP contribution < -0.4 is 5.73 Å². The van der Waals surface area contributed by atoms with E-state index in [0.29, 0.717) is 5.92 Å². The van der Waals surface area contributed by atoms with Gasteiger partial charge < -0.3 is 5.73 Å². The zero-order chi connectivity index (χ0) is 10.7. The third-order valence-electron chi connectivity index (χ3n) is 2.32. The van der Waals surface area contributed by atoms with Gasteiger partial charge in [0.25, 0.3) is 0 Å². The largest absolute Gasteiger partial charge is 0.330 e. The van der Waals surface area contributed by atoms with Crippen LogP contribution in [0.3, 0.4) is 0 Å². The van der Waals surface area contributed by atoms with E-state index in [1.807, 2.05) is 0 Å². The van der Waals surface area contributed by atoms with Gasteiger partial charge >= 0.3 is 0 Å². The Kier molecular flexibility index (Phi) is 3.51. The van der Waals surface area contributed by atoms with Gasteiger partial charge in [0, 0.05) is 11.3 Å². The molecule has 0 amide bonds. The number of thiazole rings is 1. The molecule has 0 aliphatic rings. The van der Waals surface area contributed by atoms with Gasteiger partial charge in [-0.25, -0.2) is 4.98 Å². The Balaban J connectivity index is 2.17. The number of hydrogen-bond donors (Lipinski definition) is 1. The first-order valence-corrected chi connectivity index (χ1v) is 6.76. The highest BCUT2D eigenvalue weighted by Crippen LogP contribution is 2.29. The van der Waals surface area contributed by atoms with E-state index < -0.39 is 0 Å². The summed E-state index contributed by atoms with van der Waals surface area (Å²) in [4.78, 5) is 5.89. The minimum Gasteiger partial charge on any atom is -0.330 e. The SMILES string of the molecule is CC(CCN)c1nc(-c2cccs2)cs1. The van der Waals surface area contributed by atoms with Crippen molar-refractivity contribution in [2.75, 3.05) is 6.54 Å². The Morgan fingerprint density at radius 3 is 3.00 bits per heavy atom. The molecule has 80 valence electrons. The van der Waals surface area contributed by atoms with Gasteiger partial charge in [-0.05, 0) is 24.4 Å². The second-order valence-corrected chi connectivity index (χ2v) is 5.36. The van der Waals surface area contributed by atoms with Gasteiger partial charge in [-0.15, -0.1) is 22.7 Å². The van der Waals surface area contributed by atoms with Gasteiger partial charge in [0.15, 0.2) is 0 Å². The summed E-state index contributed by atoms with van der Waals surface area (Å²) < 4.78 is 0. The number of nitrogens with zero attached hydrogens (tertiary/aromatic N) is 1. The van der Waals surface area contributed by atoms with Crippen molar-refractivity contribution in [1.82, 2.24) is 4.98 Å². The highest BCUT2D eigenvalue weighted by atomic mass is 32.1. The van der Waals surface area contributed by atoms with Crippen molar-refractivity contribution in [3.63, 3.8) is 0 Å². The quantitative estimate of drug-likeness (QED) is 0.887. The summed E-state index contributed by atoms with van der Waals surface area (Å²) in [5.41, 5.74) is 6.65. The van der Waals surface area contributed by atoms with E-state index >= 15 is 0 Å². The summed E-state index contributed by atoms with van der Waals surface area (Å²) in [5, 5.41) is 5.41. The lowest BCUT2D eigenvalue weighted by molar-refractivity contribution is 0.686. The third kappa shape index (κ3) is 2.45. The molecule has 0 bridgehead atoms. The Hall–Kier alpha value is -0.710. The molecular weight excluding hydrogens is 224 g/mol. The van der Waals surface area contributed by atoms with E-state index in [4.69, 9.17) is 5.73 Å². The highest BCUT2D eigenvalue weighted by molar-refractivity contribution is 7.14. The molecule has 2 aromatic rings. The Morgan fingerprint density at radius 1 is 1.47 bits per heavy atom. The molecule has 15 heavy (non-hydrogen) atoms. The van der Waals surface area contributed by atoms with Gasteiger partial charge in [0.2, 0.25) is 0 Å². The molecule has 1 atom stereocenters. The first kappa shape index (κ1) is 10.8. The lowest BCUT2D eigenvalue weighted by Gasteiger charge is -2.04. The molecule has 0 saturated carbocycles. The Morgan fingerprint density at radius 2 is 2.33 bits per heavy atom.